The number of fused-ring (bicyclic) bond motifs is 1. The third-order valence-electron chi connectivity index (χ3n) is 4.39. The van der Waals surface area contributed by atoms with Gasteiger partial charge >= 0.3 is 0 Å². The zero-order valence-corrected chi connectivity index (χ0v) is 14.3. The second-order valence-corrected chi connectivity index (χ2v) is 8.11. The van der Waals surface area contributed by atoms with E-state index in [2.05, 4.69) is 4.98 Å². The molecule has 0 saturated carbocycles. The van der Waals surface area contributed by atoms with Gasteiger partial charge in [-0.3, -0.25) is 0 Å². The van der Waals surface area contributed by atoms with Crippen LogP contribution in [0.4, 0.5) is 0 Å². The molecule has 126 valence electrons. The number of sulfonamides is 1. The Labute approximate surface area is 137 Å². The molecule has 0 bridgehead atoms. The minimum absolute atomic E-state index is 0.0905. The van der Waals surface area contributed by atoms with E-state index in [0.29, 0.717) is 19.7 Å². The van der Waals surface area contributed by atoms with Crippen molar-refractivity contribution in [2.24, 2.45) is 0 Å². The summed E-state index contributed by atoms with van der Waals surface area (Å²) >= 11 is 0. The topological polar surface area (TPSA) is 62.4 Å². The predicted molar refractivity (Wildman–Crippen MR) is 91.8 cm³/mol. The van der Waals surface area contributed by atoms with Crippen molar-refractivity contribution in [1.29, 1.82) is 0 Å². The molecule has 1 atom stereocenters. The number of benzene rings is 1. The van der Waals surface area contributed by atoms with Gasteiger partial charge in [0.2, 0.25) is 10.0 Å². The maximum absolute atomic E-state index is 12.7. The second-order valence-electron chi connectivity index (χ2n) is 6.09. The molecule has 2 aromatic rings. The summed E-state index contributed by atoms with van der Waals surface area (Å²) < 4.78 is 32.5. The molecule has 1 aromatic carbocycles. The van der Waals surface area contributed by atoms with E-state index in [1.165, 1.54) is 0 Å². The Hall–Kier alpha value is -1.37. The number of aromatic amines is 1. The van der Waals surface area contributed by atoms with Crippen molar-refractivity contribution in [3.63, 3.8) is 0 Å². The minimum atomic E-state index is -3.31. The molecular weight excluding hydrogens is 312 g/mol. The molecule has 6 heteroatoms. The van der Waals surface area contributed by atoms with Gasteiger partial charge in [-0.25, -0.2) is 8.42 Å². The fraction of sp³-hybridized carbons (Fsp3) is 0.529. The lowest BCUT2D eigenvalue weighted by molar-refractivity contribution is 0.0298. The van der Waals surface area contributed by atoms with Crippen LogP contribution in [0.2, 0.25) is 0 Å². The first-order valence-electron chi connectivity index (χ1n) is 8.24. The van der Waals surface area contributed by atoms with Crippen molar-refractivity contribution < 1.29 is 13.2 Å². The molecule has 2 heterocycles. The zero-order valence-electron chi connectivity index (χ0n) is 13.5. The Morgan fingerprint density at radius 2 is 2.17 bits per heavy atom. The van der Waals surface area contributed by atoms with Crippen molar-refractivity contribution in [1.82, 2.24) is 9.29 Å². The van der Waals surface area contributed by atoms with Crippen molar-refractivity contribution in [2.45, 2.75) is 38.8 Å². The summed E-state index contributed by atoms with van der Waals surface area (Å²) in [7, 11) is -3.31. The first kappa shape index (κ1) is 16.5. The van der Waals surface area contributed by atoms with Crippen LogP contribution in [0, 0.1) is 0 Å². The fourth-order valence-electron chi connectivity index (χ4n) is 3.09. The van der Waals surface area contributed by atoms with E-state index >= 15 is 0 Å². The average molecular weight is 336 g/mol. The van der Waals surface area contributed by atoms with E-state index in [9.17, 15) is 8.42 Å². The molecule has 1 saturated heterocycles. The highest BCUT2D eigenvalue weighted by Gasteiger charge is 2.27. The van der Waals surface area contributed by atoms with Gasteiger partial charge in [0.15, 0.2) is 0 Å². The zero-order chi connectivity index (χ0) is 16.3. The van der Waals surface area contributed by atoms with Crippen molar-refractivity contribution in [2.75, 3.05) is 18.9 Å². The molecule has 0 aliphatic carbocycles. The summed E-state index contributed by atoms with van der Waals surface area (Å²) in [6.07, 6.45) is 4.66. The van der Waals surface area contributed by atoms with E-state index in [1.54, 1.807) is 4.31 Å². The quantitative estimate of drug-likeness (QED) is 0.882. The summed E-state index contributed by atoms with van der Waals surface area (Å²) in [5, 5.41) is 1.10. The van der Waals surface area contributed by atoms with Crippen LogP contribution in [0.25, 0.3) is 10.9 Å². The molecule has 23 heavy (non-hydrogen) atoms. The molecule has 1 fully saturated rings. The Balaban J connectivity index is 1.72. The Bertz CT molecular complexity index is 748. The van der Waals surface area contributed by atoms with Gasteiger partial charge in [0.05, 0.1) is 11.9 Å². The number of nitrogens with one attached hydrogen (secondary N) is 1. The Kier molecular flexibility index (Phi) is 5.04. The van der Waals surface area contributed by atoms with Gasteiger partial charge in [-0.2, -0.15) is 4.31 Å². The van der Waals surface area contributed by atoms with Crippen molar-refractivity contribution >= 4 is 20.9 Å². The highest BCUT2D eigenvalue weighted by atomic mass is 32.2. The number of nitrogens with zero attached hydrogens (tertiary/aromatic N) is 1. The molecule has 1 aromatic heterocycles. The number of aromatic nitrogens is 1. The normalized spacial score (nSPS) is 19.5. The fourth-order valence-corrected chi connectivity index (χ4v) is 4.77. The summed E-state index contributed by atoms with van der Waals surface area (Å²) in [5.41, 5.74) is 2.07. The lowest BCUT2D eigenvalue weighted by atomic mass is 10.1. The van der Waals surface area contributed by atoms with E-state index in [-0.39, 0.29) is 11.9 Å². The molecule has 1 N–H and O–H groups in total. The molecule has 0 radical (unpaired) electrons. The van der Waals surface area contributed by atoms with Crippen molar-refractivity contribution in [3.05, 3.63) is 36.0 Å². The van der Waals surface area contributed by atoms with Crippen LogP contribution in [-0.2, 0) is 21.3 Å². The van der Waals surface area contributed by atoms with Gasteiger partial charge in [0, 0.05) is 31.4 Å². The number of hydrogen-bond donors (Lipinski definition) is 1. The van der Waals surface area contributed by atoms with Crippen LogP contribution >= 0.6 is 0 Å². The Morgan fingerprint density at radius 3 is 2.91 bits per heavy atom. The van der Waals surface area contributed by atoms with Crippen LogP contribution in [0.1, 0.15) is 31.7 Å². The molecule has 5 nitrogen and oxygen atoms in total. The third kappa shape index (κ3) is 3.94. The lowest BCUT2D eigenvalue weighted by Crippen LogP contribution is -2.38. The molecule has 1 aliphatic heterocycles. The largest absolute Gasteiger partial charge is 0.377 e. The smallest absolute Gasteiger partial charge is 0.216 e. The molecule has 1 unspecified atom stereocenters. The number of H-pyrrole nitrogens is 1. The first-order valence-corrected chi connectivity index (χ1v) is 9.85. The van der Waals surface area contributed by atoms with Crippen LogP contribution in [0.3, 0.4) is 0 Å². The summed E-state index contributed by atoms with van der Waals surface area (Å²) in [6.45, 7) is 3.44. The molecule has 0 spiro atoms. The molecular formula is C17H24N2O3S. The molecule has 3 rings (SSSR count). The van der Waals surface area contributed by atoms with Crippen molar-refractivity contribution in [3.8, 4) is 0 Å². The van der Waals surface area contributed by atoms with Gasteiger partial charge in [-0.05, 0) is 48.4 Å². The van der Waals surface area contributed by atoms with Gasteiger partial charge in [-0.15, -0.1) is 0 Å². The van der Waals surface area contributed by atoms with E-state index in [1.807, 2.05) is 37.4 Å². The Morgan fingerprint density at radius 1 is 1.30 bits per heavy atom. The van der Waals surface area contributed by atoms with E-state index in [0.717, 1.165) is 35.7 Å². The maximum Gasteiger partial charge on any atom is 0.216 e. The predicted octanol–water partition coefficient (Wildman–Crippen LogP) is 2.89. The van der Waals surface area contributed by atoms with Gasteiger partial charge in [0.1, 0.15) is 0 Å². The van der Waals surface area contributed by atoms with Crippen LogP contribution in [-0.4, -0.2) is 42.7 Å². The maximum atomic E-state index is 12.7. The SMILES string of the molecule is CCN(Cc1ccc2[nH]ccc2c1)S(=O)(=O)CC1CCCCO1. The van der Waals surface area contributed by atoms with Crippen LogP contribution in [0.15, 0.2) is 30.5 Å². The number of hydrogen-bond acceptors (Lipinski definition) is 3. The summed E-state index contributed by atoms with van der Waals surface area (Å²) in [6, 6.07) is 8.02. The molecule has 0 amide bonds. The summed E-state index contributed by atoms with van der Waals surface area (Å²) in [4.78, 5) is 3.15. The standard InChI is InChI=1S/C17H24N2O3S/c1-2-19(23(20,21)13-16-5-3-4-10-22-16)12-14-6-7-17-15(11-14)8-9-18-17/h6-9,11,16,18H,2-5,10,12-13H2,1H3. The van der Waals surface area contributed by atoms with Crippen LogP contribution in [0.5, 0.6) is 0 Å². The van der Waals surface area contributed by atoms with E-state index in [4.69, 9.17) is 4.74 Å². The minimum Gasteiger partial charge on any atom is -0.377 e. The van der Waals surface area contributed by atoms with Gasteiger partial charge in [0.25, 0.3) is 0 Å². The van der Waals surface area contributed by atoms with E-state index < -0.39 is 10.0 Å². The molecule has 1 aliphatic rings. The second kappa shape index (κ2) is 7.03. The lowest BCUT2D eigenvalue weighted by Gasteiger charge is -2.26. The third-order valence-corrected chi connectivity index (χ3v) is 6.36. The highest BCUT2D eigenvalue weighted by Crippen LogP contribution is 2.20. The first-order chi connectivity index (χ1) is 11.1. The monoisotopic (exact) mass is 336 g/mol. The number of rotatable bonds is 6. The number of ether oxygens (including phenoxy) is 1. The highest BCUT2D eigenvalue weighted by molar-refractivity contribution is 7.89. The average Bonchev–Trinajstić information content (AvgIpc) is 3.00. The van der Waals surface area contributed by atoms with Crippen LogP contribution < -0.4 is 0 Å². The van der Waals surface area contributed by atoms with Gasteiger partial charge in [-0.1, -0.05) is 13.0 Å². The summed E-state index contributed by atoms with van der Waals surface area (Å²) in [5.74, 6) is 0.0905. The van der Waals surface area contributed by atoms with Gasteiger partial charge < -0.3 is 9.72 Å².